The van der Waals surface area contributed by atoms with Gasteiger partial charge in [0.1, 0.15) is 0 Å². The van der Waals surface area contributed by atoms with Crippen molar-refractivity contribution in [3.05, 3.63) is 35.4 Å². The second kappa shape index (κ2) is 7.94. The average molecular weight is 293 g/mol. The minimum atomic E-state index is -0.697. The van der Waals surface area contributed by atoms with E-state index in [1.165, 1.54) is 24.0 Å². The van der Waals surface area contributed by atoms with Crippen LogP contribution >= 0.6 is 0 Å². The summed E-state index contributed by atoms with van der Waals surface area (Å²) >= 11 is 0. The summed E-state index contributed by atoms with van der Waals surface area (Å²) in [5.74, 6) is 0.758. The van der Waals surface area contributed by atoms with Gasteiger partial charge in [0.2, 0.25) is 0 Å². The standard InChI is InChI=1S/C17H27NOS/c1-3-12-18-17(15-10-8-14(2)9-11-15)13-20(19)16-6-4-5-7-16/h8-11,16-18H,3-7,12-13H2,1-2H3. The number of hydrogen-bond donors (Lipinski definition) is 1. The Bertz CT molecular complexity index is 423. The summed E-state index contributed by atoms with van der Waals surface area (Å²) in [5.41, 5.74) is 2.55. The molecule has 2 unspecified atom stereocenters. The lowest BCUT2D eigenvalue weighted by atomic mass is 10.1. The first kappa shape index (κ1) is 15.7. The minimum absolute atomic E-state index is 0.233. The van der Waals surface area contributed by atoms with Gasteiger partial charge in [-0.05, 0) is 38.3 Å². The van der Waals surface area contributed by atoms with E-state index in [1.807, 2.05) is 0 Å². The van der Waals surface area contributed by atoms with E-state index >= 15 is 0 Å². The highest BCUT2D eigenvalue weighted by atomic mass is 32.2. The Hall–Kier alpha value is -0.670. The molecule has 0 aliphatic heterocycles. The molecule has 112 valence electrons. The molecule has 0 amide bonds. The van der Waals surface area contributed by atoms with E-state index in [4.69, 9.17) is 0 Å². The van der Waals surface area contributed by atoms with Gasteiger partial charge >= 0.3 is 0 Å². The Balaban J connectivity index is 2.02. The van der Waals surface area contributed by atoms with Gasteiger partial charge in [-0.2, -0.15) is 0 Å². The van der Waals surface area contributed by atoms with Crippen molar-refractivity contribution < 1.29 is 4.21 Å². The van der Waals surface area contributed by atoms with Crippen molar-refractivity contribution >= 4 is 10.8 Å². The average Bonchev–Trinajstić information content (AvgIpc) is 2.98. The predicted octanol–water partition coefficient (Wildman–Crippen LogP) is 3.73. The number of benzene rings is 1. The fourth-order valence-electron chi connectivity index (χ4n) is 2.84. The molecular weight excluding hydrogens is 266 g/mol. The van der Waals surface area contributed by atoms with Gasteiger partial charge in [0.05, 0.1) is 0 Å². The molecule has 0 heterocycles. The molecule has 0 spiro atoms. The maximum absolute atomic E-state index is 12.5. The third-order valence-electron chi connectivity index (χ3n) is 4.13. The SMILES string of the molecule is CCCNC(CS(=O)C1CCCC1)c1ccc(C)cc1. The van der Waals surface area contributed by atoms with Crippen molar-refractivity contribution in [3.63, 3.8) is 0 Å². The van der Waals surface area contributed by atoms with Crippen LogP contribution < -0.4 is 5.32 Å². The molecule has 3 heteroatoms. The van der Waals surface area contributed by atoms with Crippen LogP contribution in [0.3, 0.4) is 0 Å². The van der Waals surface area contributed by atoms with E-state index in [0.29, 0.717) is 5.25 Å². The molecular formula is C17H27NOS. The summed E-state index contributed by atoms with van der Waals surface area (Å²) in [4.78, 5) is 0. The molecule has 1 aliphatic rings. The van der Waals surface area contributed by atoms with Crippen molar-refractivity contribution in [1.82, 2.24) is 5.32 Å². The van der Waals surface area contributed by atoms with Crippen LogP contribution in [0.4, 0.5) is 0 Å². The first-order valence-electron chi connectivity index (χ1n) is 7.88. The Morgan fingerprint density at radius 2 is 1.90 bits per heavy atom. The second-order valence-electron chi connectivity index (χ2n) is 5.87. The third-order valence-corrected chi connectivity index (χ3v) is 6.00. The van der Waals surface area contributed by atoms with Crippen LogP contribution in [0.25, 0.3) is 0 Å². The molecule has 0 bridgehead atoms. The number of hydrogen-bond acceptors (Lipinski definition) is 2. The first-order chi connectivity index (χ1) is 9.70. The fraction of sp³-hybridized carbons (Fsp3) is 0.647. The van der Waals surface area contributed by atoms with Crippen LogP contribution in [0.5, 0.6) is 0 Å². The largest absolute Gasteiger partial charge is 0.309 e. The molecule has 2 nitrogen and oxygen atoms in total. The summed E-state index contributed by atoms with van der Waals surface area (Å²) < 4.78 is 12.5. The highest BCUT2D eigenvalue weighted by molar-refractivity contribution is 7.85. The van der Waals surface area contributed by atoms with Crippen molar-refractivity contribution in [1.29, 1.82) is 0 Å². The monoisotopic (exact) mass is 293 g/mol. The van der Waals surface area contributed by atoms with Crippen molar-refractivity contribution in [2.75, 3.05) is 12.3 Å². The van der Waals surface area contributed by atoms with Gasteiger partial charge in [-0.3, -0.25) is 4.21 Å². The molecule has 1 aromatic rings. The molecule has 0 aromatic heterocycles. The number of aryl methyl sites for hydroxylation is 1. The van der Waals surface area contributed by atoms with Crippen LogP contribution in [0.2, 0.25) is 0 Å². The van der Waals surface area contributed by atoms with Crippen molar-refractivity contribution in [3.8, 4) is 0 Å². The van der Waals surface area contributed by atoms with Gasteiger partial charge in [0, 0.05) is 27.8 Å². The molecule has 1 fully saturated rings. The number of rotatable bonds is 7. The van der Waals surface area contributed by atoms with E-state index in [0.717, 1.165) is 31.6 Å². The maximum Gasteiger partial charge on any atom is 0.0436 e. The zero-order valence-electron chi connectivity index (χ0n) is 12.7. The zero-order valence-corrected chi connectivity index (χ0v) is 13.5. The third kappa shape index (κ3) is 4.42. The van der Waals surface area contributed by atoms with Gasteiger partial charge in [-0.1, -0.05) is 49.6 Å². The van der Waals surface area contributed by atoms with E-state index < -0.39 is 10.8 Å². The van der Waals surface area contributed by atoms with Crippen LogP contribution in [0.15, 0.2) is 24.3 Å². The van der Waals surface area contributed by atoms with Crippen molar-refractivity contribution in [2.24, 2.45) is 0 Å². The van der Waals surface area contributed by atoms with Crippen LogP contribution in [-0.2, 0) is 10.8 Å². The van der Waals surface area contributed by atoms with Gasteiger partial charge in [-0.25, -0.2) is 0 Å². The van der Waals surface area contributed by atoms with E-state index in [1.54, 1.807) is 0 Å². The summed E-state index contributed by atoms with van der Waals surface area (Å²) in [7, 11) is -0.697. The van der Waals surface area contributed by atoms with Gasteiger partial charge in [-0.15, -0.1) is 0 Å². The second-order valence-corrected chi connectivity index (χ2v) is 7.63. The summed E-state index contributed by atoms with van der Waals surface area (Å²) in [5, 5.41) is 4.00. The lowest BCUT2D eigenvalue weighted by molar-refractivity contribution is 0.567. The highest BCUT2D eigenvalue weighted by Gasteiger charge is 2.24. The molecule has 1 N–H and O–H groups in total. The summed E-state index contributed by atoms with van der Waals surface area (Å²) in [6.07, 6.45) is 5.93. The van der Waals surface area contributed by atoms with E-state index in [2.05, 4.69) is 43.4 Å². The Morgan fingerprint density at radius 3 is 2.50 bits per heavy atom. The molecule has 2 rings (SSSR count). The zero-order chi connectivity index (χ0) is 14.4. The molecule has 1 aromatic carbocycles. The van der Waals surface area contributed by atoms with Gasteiger partial charge in [0.25, 0.3) is 0 Å². The Kier molecular flexibility index (Phi) is 6.24. The summed E-state index contributed by atoms with van der Waals surface area (Å²) in [6.45, 7) is 5.27. The molecule has 0 radical (unpaired) electrons. The molecule has 2 atom stereocenters. The lowest BCUT2D eigenvalue weighted by Crippen LogP contribution is -2.29. The van der Waals surface area contributed by atoms with Gasteiger partial charge < -0.3 is 5.32 Å². The molecule has 1 aliphatic carbocycles. The fourth-order valence-corrected chi connectivity index (χ4v) is 4.61. The minimum Gasteiger partial charge on any atom is -0.309 e. The Labute approximate surface area is 125 Å². The van der Waals surface area contributed by atoms with E-state index in [-0.39, 0.29) is 6.04 Å². The lowest BCUT2D eigenvalue weighted by Gasteiger charge is -2.21. The maximum atomic E-state index is 12.5. The van der Waals surface area contributed by atoms with Crippen molar-refractivity contribution in [2.45, 2.75) is 57.2 Å². The summed E-state index contributed by atoms with van der Waals surface area (Å²) in [6, 6.07) is 8.88. The van der Waals surface area contributed by atoms with E-state index in [9.17, 15) is 4.21 Å². The first-order valence-corrected chi connectivity index (χ1v) is 9.26. The molecule has 20 heavy (non-hydrogen) atoms. The van der Waals surface area contributed by atoms with Crippen LogP contribution in [-0.4, -0.2) is 21.8 Å². The normalized spacial score (nSPS) is 19.1. The molecule has 1 saturated carbocycles. The van der Waals surface area contributed by atoms with Crippen LogP contribution in [0, 0.1) is 6.92 Å². The van der Waals surface area contributed by atoms with Crippen LogP contribution in [0.1, 0.15) is 56.2 Å². The molecule has 0 saturated heterocycles. The highest BCUT2D eigenvalue weighted by Crippen LogP contribution is 2.25. The Morgan fingerprint density at radius 1 is 1.25 bits per heavy atom. The smallest absolute Gasteiger partial charge is 0.0436 e. The van der Waals surface area contributed by atoms with Gasteiger partial charge in [0.15, 0.2) is 0 Å². The number of nitrogens with one attached hydrogen (secondary N) is 1. The predicted molar refractivity (Wildman–Crippen MR) is 87.5 cm³/mol. The quantitative estimate of drug-likeness (QED) is 0.830. The topological polar surface area (TPSA) is 29.1 Å².